The number of nitrogens with zero attached hydrogens (tertiary/aromatic N) is 3. The van der Waals surface area contributed by atoms with Crippen molar-refractivity contribution in [3.05, 3.63) is 76.8 Å². The van der Waals surface area contributed by atoms with Gasteiger partial charge in [0.1, 0.15) is 35.6 Å². The summed E-state index contributed by atoms with van der Waals surface area (Å²) in [5, 5.41) is 6.50. The summed E-state index contributed by atoms with van der Waals surface area (Å²) < 4.78 is 32.3. The molecule has 0 saturated carbocycles. The number of benzene rings is 2. The molecular formula is C19H12F2N4O3. The molecule has 0 bridgehead atoms. The number of fused-ring (bicyclic) bond motifs is 1. The molecule has 0 unspecified atom stereocenters. The molecule has 0 aliphatic carbocycles. The van der Waals surface area contributed by atoms with Crippen LogP contribution in [0.4, 0.5) is 14.5 Å². The highest BCUT2D eigenvalue weighted by atomic mass is 19.1. The van der Waals surface area contributed by atoms with Crippen molar-refractivity contribution in [1.29, 1.82) is 0 Å². The highest BCUT2D eigenvalue weighted by Crippen LogP contribution is 2.24. The maximum Gasteiger partial charge on any atom is 0.267 e. The van der Waals surface area contributed by atoms with E-state index in [4.69, 9.17) is 4.52 Å². The van der Waals surface area contributed by atoms with Gasteiger partial charge in [-0.2, -0.15) is 0 Å². The largest absolute Gasteiger partial charge is 0.335 e. The maximum atomic E-state index is 13.1. The molecule has 2 heterocycles. The molecule has 0 spiro atoms. The van der Waals surface area contributed by atoms with Crippen LogP contribution in [0, 0.1) is 11.6 Å². The lowest BCUT2D eigenvalue weighted by Gasteiger charge is -2.07. The summed E-state index contributed by atoms with van der Waals surface area (Å²) in [6, 6.07) is 10.6. The van der Waals surface area contributed by atoms with Crippen LogP contribution in [0.5, 0.6) is 0 Å². The van der Waals surface area contributed by atoms with E-state index in [0.717, 1.165) is 4.57 Å². The highest BCUT2D eigenvalue weighted by Gasteiger charge is 2.18. The van der Waals surface area contributed by atoms with Crippen molar-refractivity contribution in [2.24, 2.45) is 0 Å². The summed E-state index contributed by atoms with van der Waals surface area (Å²) in [5.74, 6) is -1.34. The van der Waals surface area contributed by atoms with Crippen LogP contribution in [0.2, 0.25) is 0 Å². The molecular weight excluding hydrogens is 370 g/mol. The van der Waals surface area contributed by atoms with Crippen LogP contribution in [0.1, 0.15) is 0 Å². The Hall–Kier alpha value is -3.88. The molecule has 0 radical (unpaired) electrons. The zero-order valence-electron chi connectivity index (χ0n) is 14.2. The fourth-order valence-electron chi connectivity index (χ4n) is 2.69. The zero-order chi connectivity index (χ0) is 19.7. The quantitative estimate of drug-likeness (QED) is 0.586. The number of halogens is 2. The monoisotopic (exact) mass is 382 g/mol. The number of rotatable bonds is 4. The lowest BCUT2D eigenvalue weighted by molar-refractivity contribution is -0.116. The lowest BCUT2D eigenvalue weighted by Crippen LogP contribution is -2.27. The number of amides is 1. The summed E-state index contributed by atoms with van der Waals surface area (Å²) in [7, 11) is 0. The normalized spacial score (nSPS) is 10.9. The molecule has 4 rings (SSSR count). The summed E-state index contributed by atoms with van der Waals surface area (Å²) >= 11 is 0. The topological polar surface area (TPSA) is 90.0 Å². The fraction of sp³-hybridized carbons (Fsp3) is 0.0526. The Morgan fingerprint density at radius 2 is 1.68 bits per heavy atom. The third-order valence-corrected chi connectivity index (χ3v) is 4.02. The van der Waals surface area contributed by atoms with Gasteiger partial charge in [-0.25, -0.2) is 13.8 Å². The van der Waals surface area contributed by atoms with Gasteiger partial charge in [-0.05, 0) is 48.5 Å². The number of nitrogens with one attached hydrogen (secondary N) is 1. The van der Waals surface area contributed by atoms with Gasteiger partial charge in [0.25, 0.3) is 11.3 Å². The Kier molecular flexibility index (Phi) is 4.40. The van der Waals surface area contributed by atoms with E-state index in [1.54, 1.807) is 0 Å². The molecule has 140 valence electrons. The molecule has 2 aromatic carbocycles. The molecule has 0 saturated heterocycles. The first-order chi connectivity index (χ1) is 13.5. The van der Waals surface area contributed by atoms with Gasteiger partial charge in [-0.1, -0.05) is 5.16 Å². The van der Waals surface area contributed by atoms with Crippen LogP contribution in [0.25, 0.3) is 22.4 Å². The molecule has 2 aromatic heterocycles. The minimum absolute atomic E-state index is 0.0134. The number of aromatic nitrogens is 3. The van der Waals surface area contributed by atoms with Gasteiger partial charge in [0.15, 0.2) is 0 Å². The van der Waals surface area contributed by atoms with E-state index in [-0.39, 0.29) is 23.3 Å². The standard InChI is InChI=1S/C19H12F2N4O3/c20-12-3-1-11(2-4-12)17-16-18(28-24-17)22-10-25(19(16)27)9-15(26)23-14-7-5-13(21)6-8-14/h1-8,10H,9H2,(H,23,26). The Morgan fingerprint density at radius 3 is 2.36 bits per heavy atom. The van der Waals surface area contributed by atoms with E-state index in [1.807, 2.05) is 0 Å². The van der Waals surface area contributed by atoms with Crippen molar-refractivity contribution >= 4 is 22.7 Å². The number of hydrogen-bond acceptors (Lipinski definition) is 5. The molecule has 1 N–H and O–H groups in total. The smallest absolute Gasteiger partial charge is 0.267 e. The fourth-order valence-corrected chi connectivity index (χ4v) is 2.69. The van der Waals surface area contributed by atoms with E-state index in [0.29, 0.717) is 11.3 Å². The van der Waals surface area contributed by atoms with Gasteiger partial charge < -0.3 is 9.84 Å². The van der Waals surface area contributed by atoms with Crippen molar-refractivity contribution in [3.63, 3.8) is 0 Å². The SMILES string of the molecule is O=C(Cn1cnc2onc(-c3ccc(F)cc3)c2c1=O)Nc1ccc(F)cc1. The molecule has 9 heteroatoms. The van der Waals surface area contributed by atoms with Gasteiger partial charge in [0.05, 0.1) is 0 Å². The zero-order valence-corrected chi connectivity index (χ0v) is 14.2. The first kappa shape index (κ1) is 17.5. The van der Waals surface area contributed by atoms with E-state index in [1.165, 1.54) is 54.9 Å². The van der Waals surface area contributed by atoms with Gasteiger partial charge >= 0.3 is 0 Å². The summed E-state index contributed by atoms with van der Waals surface area (Å²) in [5.41, 5.74) is 0.568. The minimum Gasteiger partial charge on any atom is -0.335 e. The van der Waals surface area contributed by atoms with Crippen molar-refractivity contribution in [2.75, 3.05) is 5.32 Å². The Labute approximate surface area is 156 Å². The maximum absolute atomic E-state index is 13.1. The molecule has 0 aliphatic rings. The third-order valence-electron chi connectivity index (χ3n) is 4.02. The predicted octanol–water partition coefficient (Wildman–Crippen LogP) is 2.97. The molecule has 0 atom stereocenters. The summed E-state index contributed by atoms with van der Waals surface area (Å²) in [4.78, 5) is 29.0. The summed E-state index contributed by atoms with van der Waals surface area (Å²) in [6.45, 7) is -0.312. The third kappa shape index (κ3) is 3.37. The van der Waals surface area contributed by atoms with Crippen molar-refractivity contribution in [3.8, 4) is 11.3 Å². The molecule has 7 nitrogen and oxygen atoms in total. The van der Waals surface area contributed by atoms with Crippen molar-refractivity contribution in [1.82, 2.24) is 14.7 Å². The summed E-state index contributed by atoms with van der Waals surface area (Å²) in [6.07, 6.45) is 1.18. The first-order valence-corrected chi connectivity index (χ1v) is 8.17. The predicted molar refractivity (Wildman–Crippen MR) is 96.5 cm³/mol. The number of anilines is 1. The first-order valence-electron chi connectivity index (χ1n) is 8.17. The van der Waals surface area contributed by atoms with Gasteiger partial charge in [0, 0.05) is 11.3 Å². The molecule has 0 aliphatic heterocycles. The van der Waals surface area contributed by atoms with Gasteiger partial charge in [-0.3, -0.25) is 14.2 Å². The Morgan fingerprint density at radius 1 is 1.04 bits per heavy atom. The second-order valence-corrected chi connectivity index (χ2v) is 5.95. The van der Waals surface area contributed by atoms with Gasteiger partial charge in [-0.15, -0.1) is 0 Å². The van der Waals surface area contributed by atoms with Crippen LogP contribution >= 0.6 is 0 Å². The van der Waals surface area contributed by atoms with Crippen LogP contribution < -0.4 is 10.9 Å². The highest BCUT2D eigenvalue weighted by molar-refractivity contribution is 5.91. The second-order valence-electron chi connectivity index (χ2n) is 5.95. The van der Waals surface area contributed by atoms with E-state index in [9.17, 15) is 18.4 Å². The van der Waals surface area contributed by atoms with E-state index >= 15 is 0 Å². The van der Waals surface area contributed by atoms with E-state index in [2.05, 4.69) is 15.5 Å². The molecule has 0 fully saturated rings. The average Bonchev–Trinajstić information content (AvgIpc) is 3.11. The van der Waals surface area contributed by atoms with Gasteiger partial charge in [0.2, 0.25) is 5.91 Å². The lowest BCUT2D eigenvalue weighted by atomic mass is 10.1. The second kappa shape index (κ2) is 7.03. The average molecular weight is 382 g/mol. The van der Waals surface area contributed by atoms with E-state index < -0.39 is 23.1 Å². The number of carbonyl (C=O) groups excluding carboxylic acids is 1. The van der Waals surface area contributed by atoms with Crippen LogP contribution in [-0.2, 0) is 11.3 Å². The Balaban J connectivity index is 1.64. The van der Waals surface area contributed by atoms with Crippen LogP contribution in [0.15, 0.2) is 64.2 Å². The molecule has 4 aromatic rings. The number of carbonyl (C=O) groups is 1. The minimum atomic E-state index is -0.528. The molecule has 1 amide bonds. The Bertz CT molecular complexity index is 1210. The van der Waals surface area contributed by atoms with Crippen molar-refractivity contribution in [2.45, 2.75) is 6.54 Å². The molecule has 28 heavy (non-hydrogen) atoms. The van der Waals surface area contributed by atoms with Crippen LogP contribution in [-0.4, -0.2) is 20.6 Å². The number of hydrogen-bond donors (Lipinski definition) is 1. The van der Waals surface area contributed by atoms with Crippen LogP contribution in [0.3, 0.4) is 0 Å². The van der Waals surface area contributed by atoms with Crippen molar-refractivity contribution < 1.29 is 18.1 Å².